The number of pyridine rings is 1. The Bertz CT molecular complexity index is 1210. The molecule has 1 aliphatic rings. The summed E-state index contributed by atoms with van der Waals surface area (Å²) in [5.41, 5.74) is -0.228. The van der Waals surface area contributed by atoms with Crippen LogP contribution >= 0.6 is 0 Å². The number of nitrogens with zero attached hydrogens (tertiary/aromatic N) is 5. The zero-order valence-electron chi connectivity index (χ0n) is 19.0. The predicted molar refractivity (Wildman–Crippen MR) is 106 cm³/mol. The van der Waals surface area contributed by atoms with Gasteiger partial charge in [-0.05, 0) is 12.1 Å². The minimum absolute atomic E-state index is 0.0334. The van der Waals surface area contributed by atoms with Crippen LogP contribution in [0.15, 0.2) is 29.3 Å². The van der Waals surface area contributed by atoms with Crippen LogP contribution in [0.25, 0.3) is 0 Å². The Hall–Kier alpha value is -3.42. The molecule has 3 rings (SSSR count). The fraction of sp³-hybridized carbons (Fsp3) is 0.353. The van der Waals surface area contributed by atoms with Crippen LogP contribution in [0.4, 0.5) is 30.9 Å². The van der Waals surface area contributed by atoms with Crippen molar-refractivity contribution in [2.45, 2.75) is 17.1 Å². The Labute approximate surface area is 180 Å². The molecule has 2 N–H and O–H groups in total. The maximum absolute atomic E-state index is 13.2. The van der Waals surface area contributed by atoms with E-state index in [2.05, 4.69) is 20.5 Å². The molecule has 3 amide bonds. The van der Waals surface area contributed by atoms with E-state index in [0.717, 1.165) is 18.3 Å². The number of urea groups is 1. The highest BCUT2D eigenvalue weighted by molar-refractivity contribution is 7.91. The first kappa shape index (κ1) is 18.4. The van der Waals surface area contributed by atoms with E-state index in [-0.39, 0.29) is 23.7 Å². The number of nitrogens with one attached hydrogen (secondary N) is 2. The third kappa shape index (κ3) is 4.52. The minimum atomic E-state index is -5.05. The SMILES string of the molecule is [2H]C([2H])([2H])NC(=O)Cc1nnc(N2CCN(C)C2=O)cc1Nc1ncccc1S(=O)(=O)C(F)F. The molecule has 0 radical (unpaired) electrons. The van der Waals surface area contributed by atoms with Gasteiger partial charge in [-0.2, -0.15) is 13.9 Å². The van der Waals surface area contributed by atoms with Crippen molar-refractivity contribution in [2.75, 3.05) is 37.3 Å². The first-order valence-corrected chi connectivity index (χ1v) is 10.3. The summed E-state index contributed by atoms with van der Waals surface area (Å²) in [7, 11) is -3.48. The number of rotatable bonds is 7. The van der Waals surface area contributed by atoms with Gasteiger partial charge in [0.25, 0.3) is 0 Å². The fourth-order valence-corrected chi connectivity index (χ4v) is 3.60. The molecular weight excluding hydrogens is 436 g/mol. The zero-order chi connectivity index (χ0) is 25.3. The summed E-state index contributed by atoms with van der Waals surface area (Å²) in [5.74, 6) is -5.12. The van der Waals surface area contributed by atoms with E-state index in [9.17, 15) is 26.8 Å². The van der Waals surface area contributed by atoms with Crippen LogP contribution in [0.5, 0.6) is 0 Å². The van der Waals surface area contributed by atoms with Crippen molar-refractivity contribution in [3.05, 3.63) is 30.1 Å². The largest absolute Gasteiger partial charge is 0.359 e. The van der Waals surface area contributed by atoms with Crippen LogP contribution in [0.2, 0.25) is 0 Å². The number of aromatic nitrogens is 3. The molecule has 0 atom stereocenters. The number of amides is 3. The van der Waals surface area contributed by atoms with Gasteiger partial charge in [0.2, 0.25) is 15.7 Å². The van der Waals surface area contributed by atoms with Crippen molar-refractivity contribution in [1.82, 2.24) is 25.4 Å². The topological polar surface area (TPSA) is 137 Å². The number of carbonyl (C=O) groups is 2. The summed E-state index contributed by atoms with van der Waals surface area (Å²) in [6.07, 6.45) is 0.550. The molecule has 11 nitrogen and oxygen atoms in total. The average molecular weight is 458 g/mol. The van der Waals surface area contributed by atoms with Crippen LogP contribution in [0.3, 0.4) is 0 Å². The molecule has 14 heteroatoms. The molecule has 166 valence electrons. The van der Waals surface area contributed by atoms with Gasteiger partial charge >= 0.3 is 11.8 Å². The Morgan fingerprint density at radius 3 is 2.77 bits per heavy atom. The molecule has 0 aromatic carbocycles. The number of hydrogen-bond donors (Lipinski definition) is 2. The molecule has 0 unspecified atom stereocenters. The number of sulfone groups is 1. The van der Waals surface area contributed by atoms with Gasteiger partial charge in [0.15, 0.2) is 5.82 Å². The highest BCUT2D eigenvalue weighted by atomic mass is 32.2. The molecule has 0 aliphatic carbocycles. The van der Waals surface area contributed by atoms with Gasteiger partial charge in [0.05, 0.1) is 17.8 Å². The monoisotopic (exact) mass is 458 g/mol. The third-order valence-corrected chi connectivity index (χ3v) is 5.79. The lowest BCUT2D eigenvalue weighted by Crippen LogP contribution is -2.30. The minimum Gasteiger partial charge on any atom is -0.359 e. The van der Waals surface area contributed by atoms with Crippen molar-refractivity contribution >= 4 is 39.1 Å². The Kier molecular flexibility index (Phi) is 5.18. The molecule has 3 heterocycles. The van der Waals surface area contributed by atoms with Crippen molar-refractivity contribution in [3.63, 3.8) is 0 Å². The van der Waals surface area contributed by atoms with E-state index in [4.69, 9.17) is 4.11 Å². The number of alkyl halides is 2. The van der Waals surface area contributed by atoms with E-state index in [1.54, 1.807) is 12.4 Å². The number of anilines is 3. The summed E-state index contributed by atoms with van der Waals surface area (Å²) < 4.78 is 71.9. The second-order valence-electron chi connectivity index (χ2n) is 6.42. The first-order chi connectivity index (χ1) is 15.8. The van der Waals surface area contributed by atoms with Gasteiger partial charge in [0.1, 0.15) is 10.7 Å². The molecule has 1 aliphatic heterocycles. The average Bonchev–Trinajstić information content (AvgIpc) is 3.06. The molecule has 2 aromatic rings. The highest BCUT2D eigenvalue weighted by Crippen LogP contribution is 2.30. The fourth-order valence-electron chi connectivity index (χ4n) is 2.77. The zero-order valence-corrected chi connectivity index (χ0v) is 16.9. The second-order valence-corrected chi connectivity index (χ2v) is 8.31. The normalized spacial score (nSPS) is 16.1. The molecule has 2 aromatic heterocycles. The predicted octanol–water partition coefficient (Wildman–Crippen LogP) is 0.772. The standard InChI is InChI=1S/C17H19F2N7O4S/c1-20-14(27)9-11-10(8-13(24-23-11)26-7-6-25(2)17(26)28)22-15-12(4-3-5-21-15)31(29,30)16(18)19/h3-5,8,16H,6-7,9H2,1-2H3,(H,20,27)(H,21,22,24)/i1D3. The molecular formula is C17H19F2N7O4S. The summed E-state index contributed by atoms with van der Waals surface area (Å²) in [6.45, 7) is -2.12. The summed E-state index contributed by atoms with van der Waals surface area (Å²) >= 11 is 0. The van der Waals surface area contributed by atoms with Crippen LogP contribution < -0.4 is 15.5 Å². The molecule has 0 spiro atoms. The maximum Gasteiger partial charge on any atom is 0.341 e. The molecule has 1 fully saturated rings. The maximum atomic E-state index is 13.2. The van der Waals surface area contributed by atoms with Crippen LogP contribution in [0.1, 0.15) is 9.81 Å². The van der Waals surface area contributed by atoms with E-state index < -0.39 is 51.6 Å². The van der Waals surface area contributed by atoms with Gasteiger partial charge in [-0.1, -0.05) is 0 Å². The number of hydrogen-bond acceptors (Lipinski definition) is 8. The number of likely N-dealkylation sites (N-methyl/N-ethyl adjacent to an activating group) is 2. The molecule has 0 bridgehead atoms. The lowest BCUT2D eigenvalue weighted by molar-refractivity contribution is -0.120. The summed E-state index contributed by atoms with van der Waals surface area (Å²) in [5, 5.41) is 12.1. The third-order valence-electron chi connectivity index (χ3n) is 4.38. The van der Waals surface area contributed by atoms with Gasteiger partial charge in [0, 0.05) is 43.5 Å². The molecule has 31 heavy (non-hydrogen) atoms. The van der Waals surface area contributed by atoms with E-state index in [1.165, 1.54) is 15.9 Å². The summed E-state index contributed by atoms with van der Waals surface area (Å²) in [4.78, 5) is 30.1. The number of carbonyl (C=O) groups excluding carboxylic acids is 2. The highest BCUT2D eigenvalue weighted by Gasteiger charge is 2.31. The van der Waals surface area contributed by atoms with Crippen LogP contribution in [0, 0.1) is 0 Å². The van der Waals surface area contributed by atoms with Gasteiger partial charge in [-0.3, -0.25) is 9.69 Å². The van der Waals surface area contributed by atoms with Gasteiger partial charge in [-0.15, -0.1) is 5.10 Å². The van der Waals surface area contributed by atoms with Crippen molar-refractivity contribution in [1.29, 1.82) is 0 Å². The van der Waals surface area contributed by atoms with Gasteiger partial charge < -0.3 is 15.5 Å². The van der Waals surface area contributed by atoms with Crippen LogP contribution in [-0.2, 0) is 21.1 Å². The Balaban J connectivity index is 2.04. The smallest absolute Gasteiger partial charge is 0.341 e. The second kappa shape index (κ2) is 8.75. The van der Waals surface area contributed by atoms with E-state index in [1.807, 2.05) is 0 Å². The van der Waals surface area contributed by atoms with Gasteiger partial charge in [-0.25, -0.2) is 18.2 Å². The van der Waals surface area contributed by atoms with E-state index >= 15 is 0 Å². The van der Waals surface area contributed by atoms with Crippen LogP contribution in [-0.4, -0.2) is 73.3 Å². The molecule has 1 saturated heterocycles. The first-order valence-electron chi connectivity index (χ1n) is 10.2. The lowest BCUT2D eigenvalue weighted by atomic mass is 10.2. The number of halogens is 2. The summed E-state index contributed by atoms with van der Waals surface area (Å²) in [6, 6.07) is 2.94. The van der Waals surface area contributed by atoms with Crippen molar-refractivity contribution < 1.29 is 30.9 Å². The molecule has 0 saturated carbocycles. The Morgan fingerprint density at radius 2 is 2.13 bits per heavy atom. The van der Waals surface area contributed by atoms with Crippen molar-refractivity contribution in [2.24, 2.45) is 0 Å². The van der Waals surface area contributed by atoms with Crippen molar-refractivity contribution in [3.8, 4) is 0 Å². The van der Waals surface area contributed by atoms with E-state index in [0.29, 0.717) is 6.54 Å². The quantitative estimate of drug-likeness (QED) is 0.621. The lowest BCUT2D eigenvalue weighted by Gasteiger charge is -2.18. The Morgan fingerprint density at radius 1 is 1.35 bits per heavy atom.